The molecule has 2 atom stereocenters. The number of halogens is 1. The van der Waals surface area contributed by atoms with Crippen LogP contribution in [0.1, 0.15) is 13.3 Å². The molecule has 3 rings (SSSR count). The van der Waals surface area contributed by atoms with Crippen LogP contribution in [0.2, 0.25) is 0 Å². The Morgan fingerprint density at radius 2 is 2.07 bits per heavy atom. The van der Waals surface area contributed by atoms with E-state index in [-0.39, 0.29) is 24.9 Å². The zero-order chi connectivity index (χ0) is 21.0. The fraction of sp³-hybridized carbons (Fsp3) is 0.526. The molecule has 0 bridgehead atoms. The predicted octanol–water partition coefficient (Wildman–Crippen LogP) is 0.222. The minimum absolute atomic E-state index is 0.174. The second-order valence-electron chi connectivity index (χ2n) is 7.25. The lowest BCUT2D eigenvalue weighted by Crippen LogP contribution is -2.33. The van der Waals surface area contributed by atoms with E-state index in [0.29, 0.717) is 31.0 Å². The average Bonchev–Trinajstić information content (AvgIpc) is 3.30. The number of hydrogen-bond acceptors (Lipinski definition) is 6. The van der Waals surface area contributed by atoms with Crippen LogP contribution in [0.25, 0.3) is 0 Å². The van der Waals surface area contributed by atoms with Gasteiger partial charge in [-0.2, -0.15) is 0 Å². The smallest absolute Gasteiger partial charge is 0.414 e. The molecule has 0 saturated carbocycles. The summed E-state index contributed by atoms with van der Waals surface area (Å²) in [4.78, 5) is 37.5. The van der Waals surface area contributed by atoms with Crippen LogP contribution in [-0.2, 0) is 14.3 Å². The average molecular weight is 408 g/mol. The molecule has 0 spiro atoms. The number of aliphatic hydroxyl groups excluding tert-OH is 1. The summed E-state index contributed by atoms with van der Waals surface area (Å²) in [5.74, 6) is -0.906. The molecule has 2 fully saturated rings. The van der Waals surface area contributed by atoms with E-state index in [4.69, 9.17) is 9.84 Å². The maximum Gasteiger partial charge on any atom is 0.414 e. The fourth-order valence-electron chi connectivity index (χ4n) is 3.55. The molecule has 10 heteroatoms. The van der Waals surface area contributed by atoms with Gasteiger partial charge in [-0.1, -0.05) is 0 Å². The summed E-state index contributed by atoms with van der Waals surface area (Å²) >= 11 is 0. The van der Waals surface area contributed by atoms with Gasteiger partial charge in [0, 0.05) is 26.6 Å². The topological polar surface area (TPSA) is 111 Å². The first-order valence-electron chi connectivity index (χ1n) is 9.52. The van der Waals surface area contributed by atoms with Crippen LogP contribution in [0.3, 0.4) is 0 Å². The number of benzene rings is 1. The van der Waals surface area contributed by atoms with Gasteiger partial charge in [-0.25, -0.2) is 9.18 Å². The van der Waals surface area contributed by atoms with Gasteiger partial charge in [-0.15, -0.1) is 0 Å². The molecule has 9 nitrogen and oxygen atoms in total. The van der Waals surface area contributed by atoms with Crippen LogP contribution in [0.4, 0.5) is 20.6 Å². The van der Waals surface area contributed by atoms with Crippen LogP contribution < -0.4 is 20.4 Å². The molecule has 2 saturated heterocycles. The molecule has 29 heavy (non-hydrogen) atoms. The highest BCUT2D eigenvalue weighted by Crippen LogP contribution is 2.30. The van der Waals surface area contributed by atoms with Crippen molar-refractivity contribution in [1.29, 1.82) is 0 Å². The number of aliphatic hydroxyl groups is 1. The zero-order valence-electron chi connectivity index (χ0n) is 16.2. The molecule has 3 N–H and O–H groups in total. The van der Waals surface area contributed by atoms with Gasteiger partial charge >= 0.3 is 6.09 Å². The van der Waals surface area contributed by atoms with Crippen LogP contribution >= 0.6 is 0 Å². The van der Waals surface area contributed by atoms with Gasteiger partial charge in [0.05, 0.1) is 24.5 Å². The van der Waals surface area contributed by atoms with Crippen molar-refractivity contribution in [3.05, 3.63) is 24.0 Å². The minimum Gasteiger partial charge on any atom is -0.442 e. The first-order chi connectivity index (χ1) is 13.9. The Labute approximate surface area is 167 Å². The van der Waals surface area contributed by atoms with Gasteiger partial charge in [0.25, 0.3) is 0 Å². The van der Waals surface area contributed by atoms with E-state index in [1.165, 1.54) is 17.9 Å². The van der Waals surface area contributed by atoms with E-state index in [1.807, 2.05) is 4.90 Å². The molecule has 158 valence electrons. The molecule has 2 aliphatic heterocycles. The third-order valence-electron chi connectivity index (χ3n) is 5.05. The lowest BCUT2D eigenvalue weighted by molar-refractivity contribution is -0.124. The van der Waals surface area contributed by atoms with Crippen molar-refractivity contribution in [2.24, 2.45) is 5.92 Å². The van der Waals surface area contributed by atoms with Crippen molar-refractivity contribution in [2.45, 2.75) is 19.4 Å². The van der Waals surface area contributed by atoms with E-state index < -0.39 is 30.5 Å². The summed E-state index contributed by atoms with van der Waals surface area (Å²) in [6.45, 7) is 2.95. The molecule has 2 heterocycles. The van der Waals surface area contributed by atoms with Crippen LogP contribution in [-0.4, -0.2) is 68.4 Å². The molecule has 1 unspecified atom stereocenters. The second-order valence-corrected chi connectivity index (χ2v) is 7.25. The summed E-state index contributed by atoms with van der Waals surface area (Å²) in [5.41, 5.74) is 0.833. The van der Waals surface area contributed by atoms with Gasteiger partial charge < -0.3 is 25.4 Å². The van der Waals surface area contributed by atoms with E-state index in [0.717, 1.165) is 6.42 Å². The van der Waals surface area contributed by atoms with E-state index in [9.17, 15) is 18.8 Å². The Bertz CT molecular complexity index is 790. The first-order valence-corrected chi connectivity index (χ1v) is 9.52. The normalized spacial score (nSPS) is 21.3. The third-order valence-corrected chi connectivity index (χ3v) is 5.05. The Balaban J connectivity index is 1.60. The summed E-state index contributed by atoms with van der Waals surface area (Å²) < 4.78 is 20.0. The predicted molar refractivity (Wildman–Crippen MR) is 103 cm³/mol. The third kappa shape index (κ3) is 5.14. The minimum atomic E-state index is -0.576. The lowest BCUT2D eigenvalue weighted by Gasteiger charge is -2.21. The van der Waals surface area contributed by atoms with E-state index in [2.05, 4.69) is 10.6 Å². The Hall–Kier alpha value is -2.88. The molecule has 1 aromatic rings. The number of ether oxygens (including phenoxy) is 1. The number of rotatable bonds is 7. The van der Waals surface area contributed by atoms with Crippen molar-refractivity contribution < 1.29 is 28.6 Å². The van der Waals surface area contributed by atoms with Crippen molar-refractivity contribution in [3.63, 3.8) is 0 Å². The van der Waals surface area contributed by atoms with Gasteiger partial charge in [0.2, 0.25) is 11.8 Å². The van der Waals surface area contributed by atoms with Crippen LogP contribution in [0.15, 0.2) is 18.2 Å². The Morgan fingerprint density at radius 1 is 1.28 bits per heavy atom. The van der Waals surface area contributed by atoms with Crippen molar-refractivity contribution in [3.8, 4) is 0 Å². The quantitative estimate of drug-likeness (QED) is 0.595. The molecule has 3 amide bonds. The van der Waals surface area contributed by atoms with Gasteiger partial charge in [0.1, 0.15) is 18.5 Å². The summed E-state index contributed by atoms with van der Waals surface area (Å²) in [6.07, 6.45) is -0.258. The summed E-state index contributed by atoms with van der Waals surface area (Å²) in [7, 11) is 0. The van der Waals surface area contributed by atoms with E-state index in [1.54, 1.807) is 12.1 Å². The highest BCUT2D eigenvalue weighted by Gasteiger charge is 2.33. The highest BCUT2D eigenvalue weighted by atomic mass is 19.1. The highest BCUT2D eigenvalue weighted by molar-refractivity contribution is 5.90. The maximum atomic E-state index is 14.7. The zero-order valence-corrected chi connectivity index (χ0v) is 16.2. The monoisotopic (exact) mass is 408 g/mol. The molecule has 1 aromatic carbocycles. The first kappa shape index (κ1) is 20.8. The number of hydrogen-bond donors (Lipinski definition) is 3. The SMILES string of the molecule is CC(=O)NC[C@H]1CN(c2ccc(N3CCC(CNC(=O)CO)C3)c(F)c2)C(=O)O1. The number of carbonyl (C=O) groups excluding carboxylic acids is 3. The van der Waals surface area contributed by atoms with Gasteiger partial charge in [0.15, 0.2) is 0 Å². The molecular weight excluding hydrogens is 383 g/mol. The number of amides is 3. The number of nitrogens with zero attached hydrogens (tertiary/aromatic N) is 2. The van der Waals surface area contributed by atoms with Crippen molar-refractivity contribution >= 4 is 29.3 Å². The molecule has 0 aliphatic carbocycles. The summed E-state index contributed by atoms with van der Waals surface area (Å²) in [6, 6.07) is 4.60. The number of nitrogens with one attached hydrogen (secondary N) is 2. The number of carbonyl (C=O) groups is 3. The standard InChI is InChI=1S/C19H25FN4O5/c1-12(26)21-8-15-10-24(19(28)29-15)14-2-3-17(16(20)6-14)23-5-4-13(9-23)7-22-18(27)11-25/h2-3,6,13,15,25H,4-5,7-11H2,1H3,(H,21,26)(H,22,27)/t13?,15-/m0/s1. The second kappa shape index (κ2) is 9.08. The number of cyclic esters (lactones) is 1. The van der Waals surface area contributed by atoms with Gasteiger partial charge in [-0.3, -0.25) is 14.5 Å². The van der Waals surface area contributed by atoms with E-state index >= 15 is 0 Å². The number of anilines is 2. The fourth-order valence-corrected chi connectivity index (χ4v) is 3.55. The van der Waals surface area contributed by atoms with Crippen molar-refractivity contribution in [2.75, 3.05) is 49.1 Å². The Morgan fingerprint density at radius 3 is 2.76 bits per heavy atom. The van der Waals surface area contributed by atoms with Gasteiger partial charge in [-0.05, 0) is 30.5 Å². The molecule has 0 aromatic heterocycles. The largest absolute Gasteiger partial charge is 0.442 e. The summed E-state index contributed by atoms with van der Waals surface area (Å²) in [5, 5.41) is 14.0. The molecular formula is C19H25FN4O5. The van der Waals surface area contributed by atoms with Crippen LogP contribution in [0, 0.1) is 11.7 Å². The maximum absolute atomic E-state index is 14.7. The molecule has 0 radical (unpaired) electrons. The lowest BCUT2D eigenvalue weighted by atomic mass is 10.1. The van der Waals surface area contributed by atoms with Crippen molar-refractivity contribution in [1.82, 2.24) is 10.6 Å². The molecule has 2 aliphatic rings. The Kier molecular flexibility index (Phi) is 6.53. The van der Waals surface area contributed by atoms with Crippen LogP contribution in [0.5, 0.6) is 0 Å².